The molecular weight excluding hydrogens is 1330 g/mol. The smallest absolute Gasteiger partial charge is 0.306 e. The minimum absolute atomic E-state index is 0.00412. The van der Waals surface area contributed by atoms with Gasteiger partial charge in [0.15, 0.2) is 25.0 Å². The molecule has 3 saturated heterocycles. The Labute approximate surface area is 619 Å². The van der Waals surface area contributed by atoms with Crippen molar-refractivity contribution >= 4 is 11.9 Å². The maximum absolute atomic E-state index is 14.1. The van der Waals surface area contributed by atoms with Gasteiger partial charge in [-0.25, -0.2) is 0 Å². The number of benzene rings is 8. The molecule has 0 radical (unpaired) electrons. The van der Waals surface area contributed by atoms with Gasteiger partial charge < -0.3 is 76.4 Å². The topological polar surface area (TPSA) is 185 Å². The van der Waals surface area contributed by atoms with E-state index in [1.165, 1.54) is 13.5 Å². The number of ether oxygens (including phenoxy) is 15. The van der Waals surface area contributed by atoms with Crippen molar-refractivity contribution in [2.24, 2.45) is 0 Å². The molecule has 0 aromatic heterocycles. The maximum atomic E-state index is 14.1. The summed E-state index contributed by atoms with van der Waals surface area (Å²) < 4.78 is 108. The molecule has 11 rings (SSSR count). The molecule has 558 valence electrons. The molecule has 3 heterocycles. The highest BCUT2D eigenvalue weighted by atomic mass is 16.8. The largest absolute Gasteiger partial charge is 0.457 e. The van der Waals surface area contributed by atoms with Crippen molar-refractivity contribution in [1.29, 1.82) is 0 Å². The van der Waals surface area contributed by atoms with Gasteiger partial charge in [0.25, 0.3) is 0 Å². The van der Waals surface area contributed by atoms with E-state index in [0.717, 1.165) is 76.6 Å². The first-order chi connectivity index (χ1) is 51.7. The van der Waals surface area contributed by atoms with Crippen molar-refractivity contribution in [2.45, 2.75) is 210 Å². The highest BCUT2D eigenvalue weighted by molar-refractivity contribution is 5.81. The number of carbonyl (C=O) groups excluding carboxylic acids is 2. The van der Waals surface area contributed by atoms with Gasteiger partial charge >= 0.3 is 5.97 Å². The van der Waals surface area contributed by atoms with Gasteiger partial charge in [0.2, 0.25) is 5.91 Å². The van der Waals surface area contributed by atoms with E-state index < -0.39 is 98.1 Å². The number of esters is 1. The maximum Gasteiger partial charge on any atom is 0.306 e. The summed E-state index contributed by atoms with van der Waals surface area (Å²) in [6, 6.07) is 79.2. The van der Waals surface area contributed by atoms with E-state index >= 15 is 0 Å². The van der Waals surface area contributed by atoms with Gasteiger partial charge in [-0.3, -0.25) is 9.59 Å². The zero-order valence-corrected chi connectivity index (χ0v) is 60.6. The summed E-state index contributed by atoms with van der Waals surface area (Å²) in [7, 11) is 1.52. The third-order valence-electron chi connectivity index (χ3n) is 18.9. The first kappa shape index (κ1) is 78.2. The van der Waals surface area contributed by atoms with Crippen LogP contribution in [-0.2, 0) is 133 Å². The number of rotatable bonds is 42. The number of unbranched alkanes of at least 4 members (excludes halogenated alkanes) is 5. The van der Waals surface area contributed by atoms with Gasteiger partial charge in [0.1, 0.15) is 61.0 Å². The van der Waals surface area contributed by atoms with E-state index in [-0.39, 0.29) is 84.8 Å². The van der Waals surface area contributed by atoms with Gasteiger partial charge in [0, 0.05) is 20.1 Å². The predicted octanol–water partition coefficient (Wildman–Crippen LogP) is 14.7. The van der Waals surface area contributed by atoms with E-state index in [9.17, 15) is 9.59 Å². The number of hydrogen-bond donors (Lipinski definition) is 1. The first-order valence-corrected chi connectivity index (χ1v) is 37.2. The van der Waals surface area contributed by atoms with Crippen LogP contribution in [0.15, 0.2) is 243 Å². The molecule has 8 aromatic carbocycles. The van der Waals surface area contributed by atoms with Crippen LogP contribution in [-0.4, -0.2) is 131 Å². The molecule has 18 nitrogen and oxygen atoms in total. The van der Waals surface area contributed by atoms with Crippen LogP contribution in [0.2, 0.25) is 0 Å². The minimum atomic E-state index is -1.42. The van der Waals surface area contributed by atoms with E-state index in [4.69, 9.17) is 71.1 Å². The quantitative estimate of drug-likeness (QED) is 0.0281. The van der Waals surface area contributed by atoms with Crippen LogP contribution < -0.4 is 5.32 Å². The standard InChI is InChI=1S/C87H103NO17/c1-4-5-6-7-8-33-52-93-85-82(98-59-70-46-29-15-30-47-70)81(97-58-69-44-27-14-28-45-69)78(73(101-85)62-92-54-65-36-19-10-20-37-65)104-87-84(80(96-57-68-42-25-13-26-43-68)77(94-55-66-38-21-11-22-39-66)72(102-87)61-91-53-64-34-17-9-18-35-64)105-86-83(99-60-71-48-31-16-32-49-71)79(95-56-67-40-23-12-24-41-67)76(63(2)100-86)103-75(90)51-50-74(89)88-3/h9-32,34-49,63,72-73,76-87H,4-8,33,50-62H2,1-3H3,(H,88,89)/t63?,72?,73?,76-,77-,78-,79+,80-,81-,82?,83?,84?,85+,86?,87?/m0/s1. The Morgan fingerprint density at radius 3 is 1.08 bits per heavy atom. The Morgan fingerprint density at radius 2 is 0.657 bits per heavy atom. The van der Waals surface area contributed by atoms with Gasteiger partial charge in [0.05, 0.1) is 78.6 Å². The van der Waals surface area contributed by atoms with Crippen LogP contribution in [0.4, 0.5) is 0 Å². The average molecular weight is 1430 g/mol. The summed E-state index contributed by atoms with van der Waals surface area (Å²) in [6.07, 6.45) is -10.0. The number of amides is 1. The van der Waals surface area contributed by atoms with Gasteiger partial charge in [-0.1, -0.05) is 282 Å². The second-order valence-electron chi connectivity index (χ2n) is 26.8. The molecule has 1 N–H and O–H groups in total. The molecule has 0 spiro atoms. The lowest BCUT2D eigenvalue weighted by molar-refractivity contribution is -0.400. The second-order valence-corrected chi connectivity index (χ2v) is 26.8. The van der Waals surface area contributed by atoms with Crippen LogP contribution in [0.5, 0.6) is 0 Å². The van der Waals surface area contributed by atoms with Gasteiger partial charge in [-0.15, -0.1) is 0 Å². The van der Waals surface area contributed by atoms with Crippen molar-refractivity contribution in [3.05, 3.63) is 287 Å². The highest BCUT2D eigenvalue weighted by Crippen LogP contribution is 2.40. The summed E-state index contributed by atoms with van der Waals surface area (Å²) in [6.45, 7) is 5.63. The molecule has 18 heteroatoms. The zero-order chi connectivity index (χ0) is 72.5. The Hall–Kier alpha value is -7.86. The van der Waals surface area contributed by atoms with Crippen LogP contribution >= 0.6 is 0 Å². The van der Waals surface area contributed by atoms with Crippen molar-refractivity contribution in [3.63, 3.8) is 0 Å². The molecule has 15 atom stereocenters. The second kappa shape index (κ2) is 43.1. The minimum Gasteiger partial charge on any atom is -0.457 e. The van der Waals surface area contributed by atoms with Gasteiger partial charge in [-0.05, 0) is 57.9 Å². The molecule has 0 aliphatic carbocycles. The molecular formula is C87H103NO17. The Kier molecular flexibility index (Phi) is 32.1. The normalized spacial score (nSPS) is 24.6. The summed E-state index contributed by atoms with van der Waals surface area (Å²) in [4.78, 5) is 26.7. The molecule has 3 aliphatic heterocycles. The molecule has 8 aromatic rings. The third kappa shape index (κ3) is 24.6. The van der Waals surface area contributed by atoms with Crippen LogP contribution in [0.25, 0.3) is 0 Å². The summed E-state index contributed by atoms with van der Waals surface area (Å²) in [5.74, 6) is -0.939. The fraction of sp³-hybridized carbons (Fsp3) is 0.425. The molecule has 8 unspecified atom stereocenters. The lowest BCUT2D eigenvalue weighted by Crippen LogP contribution is -2.68. The fourth-order valence-electron chi connectivity index (χ4n) is 13.2. The lowest BCUT2D eigenvalue weighted by Gasteiger charge is -2.52. The average Bonchev–Trinajstić information content (AvgIpc) is 0.766. The molecule has 105 heavy (non-hydrogen) atoms. The van der Waals surface area contributed by atoms with E-state index in [2.05, 4.69) is 12.2 Å². The van der Waals surface area contributed by atoms with Crippen LogP contribution in [0, 0.1) is 0 Å². The fourth-order valence-corrected chi connectivity index (χ4v) is 13.2. The molecule has 0 bridgehead atoms. The SMILES string of the molecule is CCCCCCCCO[C@@H]1OC(COCc2ccccc2)[C@H](OC2OC(COCc3ccccc3)[C@H](OCc3ccccc3)[C@H](OCc3ccccc3)C2OC2OC(C)[C@H](OC(=O)CCC(=O)NC)[C@@H](OCc3ccccc3)C2OCc2ccccc2)[C@H](OCc2ccccc2)C1OCc1ccccc1. The summed E-state index contributed by atoms with van der Waals surface area (Å²) in [5, 5.41) is 2.61. The van der Waals surface area contributed by atoms with Crippen molar-refractivity contribution in [1.82, 2.24) is 5.32 Å². The summed E-state index contributed by atoms with van der Waals surface area (Å²) >= 11 is 0. The van der Waals surface area contributed by atoms with E-state index in [1.807, 2.05) is 243 Å². The van der Waals surface area contributed by atoms with Gasteiger partial charge in [-0.2, -0.15) is 0 Å². The zero-order valence-electron chi connectivity index (χ0n) is 60.6. The van der Waals surface area contributed by atoms with E-state index in [1.54, 1.807) is 6.92 Å². The van der Waals surface area contributed by atoms with Crippen LogP contribution in [0.3, 0.4) is 0 Å². The number of hydrogen-bond acceptors (Lipinski definition) is 17. The third-order valence-corrected chi connectivity index (χ3v) is 18.9. The molecule has 0 saturated carbocycles. The highest BCUT2D eigenvalue weighted by Gasteiger charge is 2.57. The summed E-state index contributed by atoms with van der Waals surface area (Å²) in [5.41, 5.74) is 7.22. The first-order valence-electron chi connectivity index (χ1n) is 37.2. The van der Waals surface area contributed by atoms with Crippen molar-refractivity contribution in [2.75, 3.05) is 26.9 Å². The number of nitrogens with one attached hydrogen (secondary N) is 1. The molecule has 1 amide bonds. The van der Waals surface area contributed by atoms with Crippen molar-refractivity contribution in [3.8, 4) is 0 Å². The Morgan fingerprint density at radius 1 is 0.333 bits per heavy atom. The van der Waals surface area contributed by atoms with Crippen LogP contribution in [0.1, 0.15) is 110 Å². The monoisotopic (exact) mass is 1430 g/mol. The predicted molar refractivity (Wildman–Crippen MR) is 396 cm³/mol. The van der Waals surface area contributed by atoms with Crippen molar-refractivity contribution < 1.29 is 80.6 Å². The lowest BCUT2D eigenvalue weighted by atomic mass is 9.95. The molecule has 3 fully saturated rings. The molecule has 3 aliphatic rings. The Bertz CT molecular complexity index is 3670. The Balaban J connectivity index is 1.06. The number of carbonyl (C=O) groups is 2. The van der Waals surface area contributed by atoms with E-state index in [0.29, 0.717) is 6.61 Å².